The van der Waals surface area contributed by atoms with E-state index >= 15 is 0 Å². The lowest BCUT2D eigenvalue weighted by Crippen LogP contribution is -2.56. The first kappa shape index (κ1) is 29.2. The molecule has 0 spiro atoms. The maximum Gasteiger partial charge on any atom is 0.407 e. The second-order valence-electron chi connectivity index (χ2n) is 11.2. The Morgan fingerprint density at radius 3 is 2.54 bits per heavy atom. The van der Waals surface area contributed by atoms with Gasteiger partial charge < -0.3 is 29.6 Å². The SMILES string of the molecule is COC(=O)CCCCOc1ccccc1C1CCC(OC[C@H]2NCCC[C@H]2NC(=O)OC(C)(C)C)CC1. The van der Waals surface area contributed by atoms with E-state index in [4.69, 9.17) is 18.9 Å². The normalized spacial score (nSPS) is 24.2. The molecule has 1 saturated carbocycles. The third-order valence-electron chi connectivity index (χ3n) is 7.09. The van der Waals surface area contributed by atoms with Crippen LogP contribution in [0.15, 0.2) is 24.3 Å². The molecule has 208 valence electrons. The molecule has 8 heteroatoms. The summed E-state index contributed by atoms with van der Waals surface area (Å²) in [7, 11) is 1.42. The van der Waals surface area contributed by atoms with Crippen LogP contribution in [0.2, 0.25) is 0 Å². The van der Waals surface area contributed by atoms with E-state index in [1.165, 1.54) is 12.7 Å². The predicted molar refractivity (Wildman–Crippen MR) is 143 cm³/mol. The van der Waals surface area contributed by atoms with Crippen LogP contribution in [-0.2, 0) is 19.0 Å². The van der Waals surface area contributed by atoms with E-state index in [1.807, 2.05) is 32.9 Å². The van der Waals surface area contributed by atoms with E-state index in [0.29, 0.717) is 25.6 Å². The molecule has 1 aliphatic carbocycles. The number of esters is 1. The van der Waals surface area contributed by atoms with E-state index in [-0.39, 0.29) is 30.3 Å². The zero-order valence-electron chi connectivity index (χ0n) is 23.1. The molecular formula is C29H46N2O6. The lowest BCUT2D eigenvalue weighted by molar-refractivity contribution is -0.140. The van der Waals surface area contributed by atoms with Gasteiger partial charge in [0.25, 0.3) is 0 Å². The summed E-state index contributed by atoms with van der Waals surface area (Å²) in [5, 5.41) is 6.56. The monoisotopic (exact) mass is 518 g/mol. The zero-order chi connectivity index (χ0) is 26.7. The highest BCUT2D eigenvalue weighted by Crippen LogP contribution is 2.38. The number of hydrogen-bond donors (Lipinski definition) is 2. The van der Waals surface area contributed by atoms with E-state index < -0.39 is 5.60 Å². The fraction of sp³-hybridized carbons (Fsp3) is 0.724. The molecule has 2 N–H and O–H groups in total. The second-order valence-corrected chi connectivity index (χ2v) is 11.2. The van der Waals surface area contributed by atoms with Gasteiger partial charge in [0.1, 0.15) is 11.4 Å². The van der Waals surface area contributed by atoms with E-state index in [2.05, 4.69) is 22.8 Å². The van der Waals surface area contributed by atoms with Crippen molar-refractivity contribution in [2.45, 2.75) is 108 Å². The Morgan fingerprint density at radius 1 is 1.05 bits per heavy atom. The minimum Gasteiger partial charge on any atom is -0.493 e. The van der Waals surface area contributed by atoms with Gasteiger partial charge in [-0.25, -0.2) is 4.79 Å². The van der Waals surface area contributed by atoms with Crippen LogP contribution in [0, 0.1) is 0 Å². The standard InChI is InChI=1S/C29H46N2O6/c1-29(2,3)37-28(33)31-24-11-9-18-30-25(24)20-36-22-16-14-21(15-17-22)23-10-5-6-12-26(23)35-19-8-7-13-27(32)34-4/h5-6,10,12,21-22,24-25,30H,7-9,11,13-20H2,1-4H3,(H,31,33)/t21?,22?,24-,25-/m1/s1. The Morgan fingerprint density at radius 2 is 1.81 bits per heavy atom. The summed E-state index contributed by atoms with van der Waals surface area (Å²) in [4.78, 5) is 23.6. The third kappa shape index (κ3) is 10.2. The topological polar surface area (TPSA) is 95.1 Å². The van der Waals surface area contributed by atoms with Gasteiger partial charge in [-0.05, 0) is 96.2 Å². The van der Waals surface area contributed by atoms with Crippen LogP contribution < -0.4 is 15.4 Å². The summed E-state index contributed by atoms with van der Waals surface area (Å²) >= 11 is 0. The molecule has 0 bridgehead atoms. The molecule has 8 nitrogen and oxygen atoms in total. The van der Waals surface area contributed by atoms with Crippen molar-refractivity contribution in [3.05, 3.63) is 29.8 Å². The summed E-state index contributed by atoms with van der Waals surface area (Å²) in [6, 6.07) is 8.42. The highest BCUT2D eigenvalue weighted by molar-refractivity contribution is 5.69. The number of nitrogens with one attached hydrogen (secondary N) is 2. The van der Waals surface area contributed by atoms with Crippen molar-refractivity contribution in [2.24, 2.45) is 0 Å². The highest BCUT2D eigenvalue weighted by Gasteiger charge is 2.30. The van der Waals surface area contributed by atoms with Crippen molar-refractivity contribution in [3.8, 4) is 5.75 Å². The van der Waals surface area contributed by atoms with Crippen molar-refractivity contribution in [2.75, 3.05) is 26.9 Å². The van der Waals surface area contributed by atoms with Crippen LogP contribution in [-0.4, -0.2) is 62.7 Å². The molecule has 0 aromatic heterocycles. The van der Waals surface area contributed by atoms with Crippen LogP contribution in [0.25, 0.3) is 0 Å². The number of ether oxygens (including phenoxy) is 4. The number of carbonyl (C=O) groups excluding carboxylic acids is 2. The predicted octanol–water partition coefficient (Wildman–Crippen LogP) is 5.10. The van der Waals surface area contributed by atoms with Gasteiger partial charge in [-0.3, -0.25) is 4.79 Å². The molecule has 2 atom stereocenters. The molecule has 0 radical (unpaired) electrons. The number of rotatable bonds is 11. The maximum atomic E-state index is 12.3. The summed E-state index contributed by atoms with van der Waals surface area (Å²) in [5.41, 5.74) is 0.759. The smallest absolute Gasteiger partial charge is 0.407 e. The average molecular weight is 519 g/mol. The van der Waals surface area contributed by atoms with Crippen molar-refractivity contribution in [3.63, 3.8) is 0 Å². The summed E-state index contributed by atoms with van der Waals surface area (Å²) < 4.78 is 22.6. The lowest BCUT2D eigenvalue weighted by atomic mass is 9.82. The number of benzene rings is 1. The lowest BCUT2D eigenvalue weighted by Gasteiger charge is -2.36. The van der Waals surface area contributed by atoms with Crippen LogP contribution in [0.1, 0.15) is 90.0 Å². The first-order valence-electron chi connectivity index (χ1n) is 13.9. The number of methoxy groups -OCH3 is 1. The van der Waals surface area contributed by atoms with Gasteiger partial charge in [-0.2, -0.15) is 0 Å². The maximum absolute atomic E-state index is 12.3. The molecule has 2 aliphatic rings. The van der Waals surface area contributed by atoms with Gasteiger partial charge >= 0.3 is 12.1 Å². The summed E-state index contributed by atoms with van der Waals surface area (Å²) in [6.45, 7) is 7.75. The Balaban J connectivity index is 1.42. The Hall–Kier alpha value is -2.32. The molecule has 3 rings (SSSR count). The fourth-order valence-corrected chi connectivity index (χ4v) is 5.14. The largest absolute Gasteiger partial charge is 0.493 e. The van der Waals surface area contributed by atoms with Gasteiger partial charge in [-0.15, -0.1) is 0 Å². The van der Waals surface area contributed by atoms with E-state index in [0.717, 1.165) is 63.7 Å². The Kier molecular flexibility index (Phi) is 11.5. The van der Waals surface area contributed by atoms with E-state index in [9.17, 15) is 9.59 Å². The zero-order valence-corrected chi connectivity index (χ0v) is 23.1. The van der Waals surface area contributed by atoms with Crippen molar-refractivity contribution >= 4 is 12.1 Å². The molecule has 1 saturated heterocycles. The molecule has 1 heterocycles. The number of alkyl carbamates (subject to hydrolysis) is 1. The highest BCUT2D eigenvalue weighted by atomic mass is 16.6. The second kappa shape index (κ2) is 14.6. The quantitative estimate of drug-likeness (QED) is 0.311. The van der Waals surface area contributed by atoms with Crippen molar-refractivity contribution < 1.29 is 28.5 Å². The van der Waals surface area contributed by atoms with Gasteiger partial charge in [0, 0.05) is 12.5 Å². The molecule has 1 aromatic rings. The van der Waals surface area contributed by atoms with E-state index in [1.54, 1.807) is 0 Å². The third-order valence-corrected chi connectivity index (χ3v) is 7.09. The minimum absolute atomic E-state index is 0.0107. The molecule has 1 amide bonds. The minimum atomic E-state index is -0.509. The number of hydrogen-bond acceptors (Lipinski definition) is 7. The fourth-order valence-electron chi connectivity index (χ4n) is 5.14. The molecule has 37 heavy (non-hydrogen) atoms. The molecule has 1 aromatic carbocycles. The molecule has 2 fully saturated rings. The van der Waals surface area contributed by atoms with Gasteiger partial charge in [-0.1, -0.05) is 18.2 Å². The van der Waals surface area contributed by atoms with Crippen LogP contribution >= 0.6 is 0 Å². The van der Waals surface area contributed by atoms with Crippen LogP contribution in [0.5, 0.6) is 5.75 Å². The first-order valence-corrected chi connectivity index (χ1v) is 13.9. The van der Waals surface area contributed by atoms with Crippen molar-refractivity contribution in [1.82, 2.24) is 10.6 Å². The number of amides is 1. The summed E-state index contributed by atoms with van der Waals surface area (Å²) in [5.74, 6) is 1.24. The first-order chi connectivity index (χ1) is 17.7. The van der Waals surface area contributed by atoms with Gasteiger partial charge in [0.15, 0.2) is 0 Å². The summed E-state index contributed by atoms with van der Waals surface area (Å²) in [6.07, 6.45) is 7.97. The van der Waals surface area contributed by atoms with Crippen LogP contribution in [0.4, 0.5) is 4.79 Å². The number of para-hydroxylation sites is 1. The Labute approximate surface area is 222 Å². The average Bonchev–Trinajstić information content (AvgIpc) is 2.87. The van der Waals surface area contributed by atoms with Crippen LogP contribution in [0.3, 0.4) is 0 Å². The number of piperidine rings is 1. The molecule has 1 aliphatic heterocycles. The van der Waals surface area contributed by atoms with Gasteiger partial charge in [0.2, 0.25) is 0 Å². The number of unbranched alkanes of at least 4 members (excludes halogenated alkanes) is 1. The Bertz CT molecular complexity index is 847. The molecule has 0 unspecified atom stereocenters. The van der Waals surface area contributed by atoms with Gasteiger partial charge in [0.05, 0.1) is 32.5 Å². The van der Waals surface area contributed by atoms with Crippen molar-refractivity contribution in [1.29, 1.82) is 0 Å². The molecular weight excluding hydrogens is 472 g/mol. The number of carbonyl (C=O) groups is 2.